The van der Waals surface area contributed by atoms with E-state index < -0.39 is 0 Å². The Morgan fingerprint density at radius 2 is 2.27 bits per heavy atom. The zero-order valence-corrected chi connectivity index (χ0v) is 10.3. The van der Waals surface area contributed by atoms with Crippen molar-refractivity contribution in [3.8, 4) is 0 Å². The van der Waals surface area contributed by atoms with Crippen LogP contribution in [-0.2, 0) is 6.42 Å². The largest absolute Gasteiger partial charge is 0.361 e. The molecule has 3 N–H and O–H groups in total. The van der Waals surface area contributed by atoms with Crippen LogP contribution in [0.5, 0.6) is 0 Å². The number of fused-ring (bicyclic) bond motifs is 1. The summed E-state index contributed by atoms with van der Waals surface area (Å²) in [6.45, 7) is 2.12. The van der Waals surface area contributed by atoms with E-state index in [1.807, 2.05) is 6.07 Å². The Balaban J connectivity index is 2.39. The molecular formula is C12H15BrN2. The summed E-state index contributed by atoms with van der Waals surface area (Å²) in [6.07, 6.45) is 4.01. The standard InChI is InChI=1S/C12H15BrN2/c1-2-10(14)5-8-7-15-12-4-3-9(13)6-11(8)12/h3-4,6-7,10,15H,2,5,14H2,1H3. The van der Waals surface area contributed by atoms with Crippen molar-refractivity contribution in [1.82, 2.24) is 4.98 Å². The number of aromatic amines is 1. The molecule has 0 radical (unpaired) electrons. The van der Waals surface area contributed by atoms with Crippen LogP contribution in [0.3, 0.4) is 0 Å². The second kappa shape index (κ2) is 4.37. The maximum absolute atomic E-state index is 5.97. The van der Waals surface area contributed by atoms with E-state index >= 15 is 0 Å². The molecule has 3 heteroatoms. The molecule has 0 bridgehead atoms. The first kappa shape index (κ1) is 10.7. The molecule has 1 heterocycles. The topological polar surface area (TPSA) is 41.8 Å². The van der Waals surface area contributed by atoms with Gasteiger partial charge in [-0.05, 0) is 36.6 Å². The van der Waals surface area contributed by atoms with Gasteiger partial charge in [-0.15, -0.1) is 0 Å². The number of hydrogen-bond donors (Lipinski definition) is 2. The number of nitrogens with two attached hydrogens (primary N) is 1. The zero-order valence-electron chi connectivity index (χ0n) is 8.76. The van der Waals surface area contributed by atoms with Gasteiger partial charge in [-0.2, -0.15) is 0 Å². The Morgan fingerprint density at radius 3 is 3.00 bits per heavy atom. The minimum atomic E-state index is 0.253. The summed E-state index contributed by atoms with van der Waals surface area (Å²) in [5, 5.41) is 1.27. The highest BCUT2D eigenvalue weighted by molar-refractivity contribution is 9.10. The summed E-state index contributed by atoms with van der Waals surface area (Å²) in [6, 6.07) is 6.52. The second-order valence-electron chi connectivity index (χ2n) is 3.88. The average molecular weight is 267 g/mol. The summed E-state index contributed by atoms with van der Waals surface area (Å²) >= 11 is 3.49. The van der Waals surface area contributed by atoms with Crippen LogP contribution in [0.4, 0.5) is 0 Å². The van der Waals surface area contributed by atoms with Crippen LogP contribution < -0.4 is 5.73 Å². The van der Waals surface area contributed by atoms with Gasteiger partial charge in [-0.1, -0.05) is 22.9 Å². The van der Waals surface area contributed by atoms with Gasteiger partial charge in [-0.3, -0.25) is 0 Å². The van der Waals surface area contributed by atoms with Crippen molar-refractivity contribution < 1.29 is 0 Å². The van der Waals surface area contributed by atoms with E-state index in [1.165, 1.54) is 16.5 Å². The molecule has 0 fully saturated rings. The molecule has 2 rings (SSSR count). The molecule has 0 amide bonds. The maximum atomic E-state index is 5.97. The highest BCUT2D eigenvalue weighted by Gasteiger charge is 2.07. The number of nitrogens with one attached hydrogen (secondary N) is 1. The van der Waals surface area contributed by atoms with Gasteiger partial charge in [0.25, 0.3) is 0 Å². The summed E-state index contributed by atoms with van der Waals surface area (Å²) in [5.41, 5.74) is 8.45. The van der Waals surface area contributed by atoms with Crippen molar-refractivity contribution in [3.05, 3.63) is 34.4 Å². The van der Waals surface area contributed by atoms with Crippen LogP contribution >= 0.6 is 15.9 Å². The Labute approximate surface area is 98.0 Å². The summed E-state index contributed by atoms with van der Waals surface area (Å²) in [4.78, 5) is 3.27. The van der Waals surface area contributed by atoms with Crippen molar-refractivity contribution in [2.45, 2.75) is 25.8 Å². The molecule has 80 valence electrons. The van der Waals surface area contributed by atoms with Crippen molar-refractivity contribution in [1.29, 1.82) is 0 Å². The molecule has 15 heavy (non-hydrogen) atoms. The Hall–Kier alpha value is -0.800. The highest BCUT2D eigenvalue weighted by atomic mass is 79.9. The van der Waals surface area contributed by atoms with E-state index in [2.05, 4.69) is 46.2 Å². The molecule has 1 unspecified atom stereocenters. The van der Waals surface area contributed by atoms with Gasteiger partial charge in [0.15, 0.2) is 0 Å². The Morgan fingerprint density at radius 1 is 1.47 bits per heavy atom. The highest BCUT2D eigenvalue weighted by Crippen LogP contribution is 2.23. The van der Waals surface area contributed by atoms with Gasteiger partial charge in [0.05, 0.1) is 0 Å². The Bertz CT molecular complexity index is 462. The van der Waals surface area contributed by atoms with Gasteiger partial charge in [0.1, 0.15) is 0 Å². The van der Waals surface area contributed by atoms with E-state index in [1.54, 1.807) is 0 Å². The van der Waals surface area contributed by atoms with Gasteiger partial charge in [0.2, 0.25) is 0 Å². The minimum absolute atomic E-state index is 0.253. The molecule has 0 aliphatic carbocycles. The first-order valence-electron chi connectivity index (χ1n) is 5.21. The molecule has 2 nitrogen and oxygen atoms in total. The molecule has 1 aromatic heterocycles. The molecule has 1 aromatic carbocycles. The molecule has 2 aromatic rings. The lowest BCUT2D eigenvalue weighted by molar-refractivity contribution is 0.648. The van der Waals surface area contributed by atoms with Crippen LogP contribution in [0.1, 0.15) is 18.9 Å². The molecule has 1 atom stereocenters. The van der Waals surface area contributed by atoms with Gasteiger partial charge < -0.3 is 10.7 Å². The molecule has 0 aliphatic heterocycles. The number of H-pyrrole nitrogens is 1. The van der Waals surface area contributed by atoms with Gasteiger partial charge in [0, 0.05) is 27.6 Å². The van der Waals surface area contributed by atoms with E-state index in [9.17, 15) is 0 Å². The molecule has 0 spiro atoms. The first-order chi connectivity index (χ1) is 7.20. The van der Waals surface area contributed by atoms with Gasteiger partial charge >= 0.3 is 0 Å². The quantitative estimate of drug-likeness (QED) is 0.880. The third kappa shape index (κ3) is 2.24. The van der Waals surface area contributed by atoms with Crippen molar-refractivity contribution in [3.63, 3.8) is 0 Å². The maximum Gasteiger partial charge on any atom is 0.0457 e. The zero-order chi connectivity index (χ0) is 10.8. The van der Waals surface area contributed by atoms with Crippen molar-refractivity contribution >= 4 is 26.8 Å². The minimum Gasteiger partial charge on any atom is -0.361 e. The SMILES string of the molecule is CCC(N)Cc1c[nH]c2ccc(Br)cc12. The predicted octanol–water partition coefficient (Wildman–Crippen LogP) is 3.21. The third-order valence-corrected chi connectivity index (χ3v) is 3.23. The summed E-state index contributed by atoms with van der Waals surface area (Å²) in [5.74, 6) is 0. The lowest BCUT2D eigenvalue weighted by Crippen LogP contribution is -2.21. The smallest absolute Gasteiger partial charge is 0.0457 e. The summed E-state index contributed by atoms with van der Waals surface area (Å²) in [7, 11) is 0. The van der Waals surface area contributed by atoms with E-state index in [0.29, 0.717) is 0 Å². The first-order valence-corrected chi connectivity index (χ1v) is 6.01. The number of rotatable bonds is 3. The van der Waals surface area contributed by atoms with Crippen LogP contribution in [0, 0.1) is 0 Å². The lowest BCUT2D eigenvalue weighted by atomic mass is 10.0. The van der Waals surface area contributed by atoms with Crippen molar-refractivity contribution in [2.24, 2.45) is 5.73 Å². The van der Waals surface area contributed by atoms with E-state index in [0.717, 1.165) is 17.3 Å². The van der Waals surface area contributed by atoms with E-state index in [4.69, 9.17) is 5.73 Å². The van der Waals surface area contributed by atoms with Crippen molar-refractivity contribution in [2.75, 3.05) is 0 Å². The molecule has 0 aliphatic rings. The molecule has 0 saturated heterocycles. The van der Waals surface area contributed by atoms with Crippen LogP contribution in [0.15, 0.2) is 28.9 Å². The fourth-order valence-electron chi connectivity index (χ4n) is 1.75. The number of halogens is 1. The molecular weight excluding hydrogens is 252 g/mol. The number of benzene rings is 1. The second-order valence-corrected chi connectivity index (χ2v) is 4.79. The number of hydrogen-bond acceptors (Lipinski definition) is 1. The van der Waals surface area contributed by atoms with Gasteiger partial charge in [-0.25, -0.2) is 0 Å². The fourth-order valence-corrected chi connectivity index (χ4v) is 2.11. The van der Waals surface area contributed by atoms with E-state index in [-0.39, 0.29) is 6.04 Å². The monoisotopic (exact) mass is 266 g/mol. The third-order valence-electron chi connectivity index (χ3n) is 2.74. The molecule has 0 saturated carbocycles. The van der Waals surface area contributed by atoms with Crippen LogP contribution in [0.2, 0.25) is 0 Å². The predicted molar refractivity (Wildman–Crippen MR) is 68.0 cm³/mol. The van der Waals surface area contributed by atoms with Crippen LogP contribution in [-0.4, -0.2) is 11.0 Å². The summed E-state index contributed by atoms with van der Waals surface area (Å²) < 4.78 is 1.11. The van der Waals surface area contributed by atoms with Crippen LogP contribution in [0.25, 0.3) is 10.9 Å². The average Bonchev–Trinajstić information content (AvgIpc) is 2.61. The Kier molecular flexibility index (Phi) is 3.12. The normalized spacial score (nSPS) is 13.3. The number of aromatic nitrogens is 1. The lowest BCUT2D eigenvalue weighted by Gasteiger charge is -2.07. The fraction of sp³-hybridized carbons (Fsp3) is 0.333.